The fourth-order valence-electron chi connectivity index (χ4n) is 3.88. The summed E-state index contributed by atoms with van der Waals surface area (Å²) >= 11 is 0. The van der Waals surface area contributed by atoms with Crippen LogP contribution < -0.4 is 11.0 Å². The summed E-state index contributed by atoms with van der Waals surface area (Å²) in [5.41, 5.74) is 3.40. The van der Waals surface area contributed by atoms with E-state index in [1.54, 1.807) is 4.57 Å². The van der Waals surface area contributed by atoms with Crippen molar-refractivity contribution in [1.29, 1.82) is 0 Å². The molecule has 1 aromatic carbocycles. The molecule has 0 aliphatic carbocycles. The Hall–Kier alpha value is -2.44. The van der Waals surface area contributed by atoms with E-state index in [1.165, 1.54) is 0 Å². The number of benzene rings is 1. The second-order valence-corrected chi connectivity index (χ2v) is 7.09. The minimum atomic E-state index is -0.639. The van der Waals surface area contributed by atoms with Crippen molar-refractivity contribution in [3.05, 3.63) is 64.3 Å². The molecule has 4 rings (SSSR count). The number of imidazole rings is 1. The molecule has 3 heterocycles. The number of H-pyrrole nitrogens is 1. The molecule has 0 bridgehead atoms. The van der Waals surface area contributed by atoms with Gasteiger partial charge in [0, 0.05) is 36.1 Å². The third kappa shape index (κ3) is 3.18. The van der Waals surface area contributed by atoms with Crippen LogP contribution in [0.1, 0.15) is 37.1 Å². The van der Waals surface area contributed by atoms with Gasteiger partial charge in [-0.3, -0.25) is 9.55 Å². The minimum Gasteiger partial charge on any atom is -0.387 e. The molecule has 3 N–H and O–H groups in total. The van der Waals surface area contributed by atoms with Crippen molar-refractivity contribution in [3.63, 3.8) is 0 Å². The molecular weight excluding hydrogens is 328 g/mol. The van der Waals surface area contributed by atoms with E-state index in [0.717, 1.165) is 35.1 Å². The van der Waals surface area contributed by atoms with Gasteiger partial charge < -0.3 is 15.4 Å². The summed E-state index contributed by atoms with van der Waals surface area (Å²) in [6.45, 7) is 2.73. The molecule has 2 aromatic heterocycles. The van der Waals surface area contributed by atoms with Crippen LogP contribution in [0.5, 0.6) is 0 Å². The summed E-state index contributed by atoms with van der Waals surface area (Å²) < 4.78 is 1.74. The number of aromatic nitrogens is 3. The van der Waals surface area contributed by atoms with E-state index in [0.29, 0.717) is 13.0 Å². The molecule has 6 heteroatoms. The monoisotopic (exact) mass is 352 g/mol. The lowest BCUT2D eigenvalue weighted by Gasteiger charge is -2.26. The molecule has 1 aliphatic heterocycles. The Labute approximate surface area is 151 Å². The highest BCUT2D eigenvalue weighted by atomic mass is 16.3. The van der Waals surface area contributed by atoms with Gasteiger partial charge in [-0.15, -0.1) is 0 Å². The van der Waals surface area contributed by atoms with Crippen molar-refractivity contribution in [2.45, 2.75) is 50.9 Å². The Kier molecular flexibility index (Phi) is 4.61. The molecule has 0 saturated carbocycles. The third-order valence-electron chi connectivity index (χ3n) is 5.25. The average molecular weight is 352 g/mol. The molecule has 0 amide bonds. The Morgan fingerprint density at radius 2 is 2.23 bits per heavy atom. The molecule has 1 aliphatic rings. The molecule has 3 atom stereocenters. The Balaban J connectivity index is 1.49. The normalized spacial score (nSPS) is 20.8. The summed E-state index contributed by atoms with van der Waals surface area (Å²) in [6, 6.07) is 11.8. The SMILES string of the molecule is CC(CCc1ccccn1)NC1CCn2c(=O)[nH]c3cccc(c32)C1O. The summed E-state index contributed by atoms with van der Waals surface area (Å²) in [5, 5.41) is 14.5. The van der Waals surface area contributed by atoms with E-state index >= 15 is 0 Å². The molecule has 0 saturated heterocycles. The number of hydrogen-bond acceptors (Lipinski definition) is 4. The topological polar surface area (TPSA) is 82.9 Å². The fourth-order valence-corrected chi connectivity index (χ4v) is 3.88. The Morgan fingerprint density at radius 3 is 3.04 bits per heavy atom. The highest BCUT2D eigenvalue weighted by Crippen LogP contribution is 2.29. The van der Waals surface area contributed by atoms with Crippen molar-refractivity contribution >= 4 is 11.0 Å². The molecule has 6 nitrogen and oxygen atoms in total. The first-order valence-electron chi connectivity index (χ1n) is 9.19. The predicted molar refractivity (Wildman–Crippen MR) is 101 cm³/mol. The maximum atomic E-state index is 12.2. The largest absolute Gasteiger partial charge is 0.387 e. The van der Waals surface area contributed by atoms with Gasteiger partial charge in [-0.1, -0.05) is 18.2 Å². The lowest BCUT2D eigenvalue weighted by Crippen LogP contribution is -2.41. The average Bonchev–Trinajstić information content (AvgIpc) is 2.91. The minimum absolute atomic E-state index is 0.0846. The molecule has 136 valence electrons. The smallest absolute Gasteiger partial charge is 0.326 e. The molecule has 0 radical (unpaired) electrons. The van der Waals surface area contributed by atoms with Gasteiger partial charge in [-0.25, -0.2) is 4.79 Å². The van der Waals surface area contributed by atoms with E-state index in [1.807, 2.05) is 42.6 Å². The number of aryl methyl sites for hydroxylation is 2. The molecule has 3 aromatic rings. The zero-order valence-electron chi connectivity index (χ0n) is 14.9. The van der Waals surface area contributed by atoms with Crippen molar-refractivity contribution in [2.75, 3.05) is 0 Å². The van der Waals surface area contributed by atoms with Crippen LogP contribution in [0.25, 0.3) is 11.0 Å². The zero-order chi connectivity index (χ0) is 18.1. The summed E-state index contributed by atoms with van der Waals surface area (Å²) in [4.78, 5) is 19.4. The Bertz CT molecular complexity index is 947. The molecule has 26 heavy (non-hydrogen) atoms. The first-order valence-corrected chi connectivity index (χ1v) is 9.19. The van der Waals surface area contributed by atoms with Crippen LogP contribution in [-0.2, 0) is 13.0 Å². The number of aliphatic hydroxyl groups excluding tert-OH is 1. The molecular formula is C20H24N4O2. The van der Waals surface area contributed by atoms with Crippen LogP contribution in [-0.4, -0.2) is 31.7 Å². The van der Waals surface area contributed by atoms with Crippen molar-refractivity contribution in [3.8, 4) is 0 Å². The van der Waals surface area contributed by atoms with Crippen molar-refractivity contribution in [2.24, 2.45) is 0 Å². The maximum absolute atomic E-state index is 12.2. The number of aromatic amines is 1. The quantitative estimate of drug-likeness (QED) is 0.657. The number of nitrogens with zero attached hydrogens (tertiary/aromatic N) is 2. The number of hydrogen-bond donors (Lipinski definition) is 3. The number of aliphatic hydroxyl groups is 1. The van der Waals surface area contributed by atoms with Gasteiger partial charge in [0.15, 0.2) is 0 Å². The van der Waals surface area contributed by atoms with Crippen LogP contribution in [0.2, 0.25) is 0 Å². The lowest BCUT2D eigenvalue weighted by atomic mass is 9.98. The van der Waals surface area contributed by atoms with Gasteiger partial charge in [0.25, 0.3) is 0 Å². The van der Waals surface area contributed by atoms with Gasteiger partial charge in [-0.2, -0.15) is 0 Å². The number of pyridine rings is 1. The van der Waals surface area contributed by atoms with E-state index in [2.05, 4.69) is 22.2 Å². The first kappa shape index (κ1) is 17.0. The van der Waals surface area contributed by atoms with Gasteiger partial charge in [-0.05, 0) is 44.4 Å². The molecule has 0 fully saturated rings. The summed E-state index contributed by atoms with van der Waals surface area (Å²) in [7, 11) is 0. The van der Waals surface area contributed by atoms with Gasteiger partial charge >= 0.3 is 5.69 Å². The highest BCUT2D eigenvalue weighted by Gasteiger charge is 2.29. The predicted octanol–water partition coefficient (Wildman–Crippen LogP) is 2.14. The van der Waals surface area contributed by atoms with E-state index < -0.39 is 6.10 Å². The van der Waals surface area contributed by atoms with E-state index in [-0.39, 0.29) is 17.8 Å². The van der Waals surface area contributed by atoms with Crippen LogP contribution in [0.4, 0.5) is 0 Å². The third-order valence-corrected chi connectivity index (χ3v) is 5.25. The van der Waals surface area contributed by atoms with Crippen LogP contribution >= 0.6 is 0 Å². The van der Waals surface area contributed by atoms with Crippen molar-refractivity contribution < 1.29 is 5.11 Å². The van der Waals surface area contributed by atoms with Crippen LogP contribution in [0, 0.1) is 0 Å². The summed E-state index contributed by atoms with van der Waals surface area (Å²) in [5.74, 6) is 0. The van der Waals surface area contributed by atoms with Crippen molar-refractivity contribution in [1.82, 2.24) is 19.9 Å². The Morgan fingerprint density at radius 1 is 1.35 bits per heavy atom. The second-order valence-electron chi connectivity index (χ2n) is 7.09. The number of nitrogens with one attached hydrogen (secondary N) is 2. The van der Waals surface area contributed by atoms with E-state index in [4.69, 9.17) is 0 Å². The van der Waals surface area contributed by atoms with Crippen LogP contribution in [0.3, 0.4) is 0 Å². The molecule has 3 unspecified atom stereocenters. The second kappa shape index (κ2) is 7.05. The highest BCUT2D eigenvalue weighted by molar-refractivity contribution is 5.79. The maximum Gasteiger partial charge on any atom is 0.326 e. The summed E-state index contributed by atoms with van der Waals surface area (Å²) in [6.07, 6.45) is 3.72. The number of rotatable bonds is 5. The van der Waals surface area contributed by atoms with Gasteiger partial charge in [0.05, 0.1) is 17.1 Å². The fraction of sp³-hybridized carbons (Fsp3) is 0.400. The van der Waals surface area contributed by atoms with Gasteiger partial charge in [0.2, 0.25) is 0 Å². The first-order chi connectivity index (χ1) is 12.6. The van der Waals surface area contributed by atoms with Crippen LogP contribution in [0.15, 0.2) is 47.4 Å². The molecule has 0 spiro atoms. The van der Waals surface area contributed by atoms with Gasteiger partial charge in [0.1, 0.15) is 0 Å². The zero-order valence-corrected chi connectivity index (χ0v) is 14.9. The van der Waals surface area contributed by atoms with E-state index in [9.17, 15) is 9.90 Å². The number of para-hydroxylation sites is 1. The lowest BCUT2D eigenvalue weighted by molar-refractivity contribution is 0.119. The standard InChI is InChI=1S/C20H24N4O2/c1-13(8-9-14-5-2-3-11-21-14)22-17-10-12-24-18-15(19(17)25)6-4-7-16(18)23-20(24)26/h2-7,11,13,17,19,22,25H,8-10,12H2,1H3,(H,23,26).